The zero-order valence-corrected chi connectivity index (χ0v) is 12.7. The maximum absolute atomic E-state index is 5.44. The van der Waals surface area contributed by atoms with Crippen LogP contribution in [0, 0.1) is 4.64 Å². The Morgan fingerprint density at radius 3 is 2.32 bits per heavy atom. The SMILES string of the molecule is CCOc1ccc(-n2[nH]c(C(C)(C)C)cc2=S)cc1. The summed E-state index contributed by atoms with van der Waals surface area (Å²) >= 11 is 5.41. The Labute approximate surface area is 119 Å². The van der Waals surface area contributed by atoms with Gasteiger partial charge in [0.15, 0.2) is 0 Å². The van der Waals surface area contributed by atoms with E-state index in [0.29, 0.717) is 6.61 Å². The van der Waals surface area contributed by atoms with E-state index in [-0.39, 0.29) is 5.41 Å². The minimum absolute atomic E-state index is 0.0596. The van der Waals surface area contributed by atoms with Crippen molar-refractivity contribution in [2.45, 2.75) is 33.1 Å². The zero-order valence-electron chi connectivity index (χ0n) is 11.9. The van der Waals surface area contributed by atoms with Crippen molar-refractivity contribution in [3.8, 4) is 11.4 Å². The molecule has 0 aliphatic heterocycles. The van der Waals surface area contributed by atoms with Gasteiger partial charge < -0.3 is 4.74 Å². The van der Waals surface area contributed by atoms with Crippen LogP contribution in [0.15, 0.2) is 30.3 Å². The average molecular weight is 276 g/mol. The number of H-pyrrole nitrogens is 1. The van der Waals surface area contributed by atoms with Crippen LogP contribution in [0.3, 0.4) is 0 Å². The molecule has 19 heavy (non-hydrogen) atoms. The summed E-state index contributed by atoms with van der Waals surface area (Å²) in [4.78, 5) is 0. The Balaban J connectivity index is 2.37. The molecule has 0 spiro atoms. The minimum atomic E-state index is 0.0596. The molecule has 1 N–H and O–H groups in total. The molecule has 1 heterocycles. The lowest BCUT2D eigenvalue weighted by atomic mass is 9.93. The number of hydrogen-bond acceptors (Lipinski definition) is 2. The van der Waals surface area contributed by atoms with Gasteiger partial charge in [-0.05, 0) is 37.3 Å². The monoisotopic (exact) mass is 276 g/mol. The Hall–Kier alpha value is -1.55. The maximum Gasteiger partial charge on any atom is 0.127 e. The number of benzene rings is 1. The molecule has 0 amide bonds. The molecule has 0 saturated carbocycles. The molecule has 102 valence electrons. The standard InChI is InChI=1S/C15H20N2OS/c1-5-18-12-8-6-11(7-9-12)17-14(19)10-13(16-17)15(2,3)4/h6-10,16H,5H2,1-4H3. The molecule has 2 aromatic rings. The Morgan fingerprint density at radius 1 is 1.21 bits per heavy atom. The van der Waals surface area contributed by atoms with Gasteiger partial charge in [0, 0.05) is 11.1 Å². The van der Waals surface area contributed by atoms with Crippen LogP contribution < -0.4 is 4.74 Å². The zero-order chi connectivity index (χ0) is 14.0. The molecule has 1 aromatic heterocycles. The van der Waals surface area contributed by atoms with E-state index < -0.39 is 0 Å². The summed E-state index contributed by atoms with van der Waals surface area (Å²) in [5.74, 6) is 0.875. The van der Waals surface area contributed by atoms with Crippen LogP contribution in [-0.2, 0) is 5.41 Å². The summed E-state index contributed by atoms with van der Waals surface area (Å²) in [5, 5.41) is 3.36. The van der Waals surface area contributed by atoms with E-state index in [9.17, 15) is 0 Å². The van der Waals surface area contributed by atoms with Crippen LogP contribution in [0.1, 0.15) is 33.4 Å². The number of aromatic nitrogens is 2. The summed E-state index contributed by atoms with van der Waals surface area (Å²) in [5.41, 5.74) is 2.21. The molecule has 0 fully saturated rings. The van der Waals surface area contributed by atoms with E-state index in [2.05, 4.69) is 25.9 Å². The predicted molar refractivity (Wildman–Crippen MR) is 80.8 cm³/mol. The molecular weight excluding hydrogens is 256 g/mol. The van der Waals surface area contributed by atoms with Gasteiger partial charge in [0.1, 0.15) is 10.4 Å². The molecule has 0 radical (unpaired) electrons. The van der Waals surface area contributed by atoms with Crippen molar-refractivity contribution in [1.82, 2.24) is 9.78 Å². The smallest absolute Gasteiger partial charge is 0.127 e. The topological polar surface area (TPSA) is 29.9 Å². The third kappa shape index (κ3) is 3.07. The second-order valence-corrected chi connectivity index (χ2v) is 5.94. The first kappa shape index (κ1) is 13.9. The van der Waals surface area contributed by atoms with Crippen LogP contribution >= 0.6 is 12.2 Å². The van der Waals surface area contributed by atoms with Crippen molar-refractivity contribution < 1.29 is 4.74 Å². The van der Waals surface area contributed by atoms with Gasteiger partial charge in [-0.25, -0.2) is 4.68 Å². The van der Waals surface area contributed by atoms with E-state index in [4.69, 9.17) is 17.0 Å². The van der Waals surface area contributed by atoms with Gasteiger partial charge in [-0.1, -0.05) is 33.0 Å². The van der Waals surface area contributed by atoms with Gasteiger partial charge in [0.2, 0.25) is 0 Å². The summed E-state index contributed by atoms with van der Waals surface area (Å²) in [6, 6.07) is 9.94. The third-order valence-electron chi connectivity index (χ3n) is 2.93. The van der Waals surface area contributed by atoms with Crippen molar-refractivity contribution in [2.75, 3.05) is 6.61 Å². The fraction of sp³-hybridized carbons (Fsp3) is 0.400. The van der Waals surface area contributed by atoms with Crippen LogP contribution in [0.5, 0.6) is 5.75 Å². The second-order valence-electron chi connectivity index (χ2n) is 5.52. The van der Waals surface area contributed by atoms with E-state index in [1.807, 2.05) is 41.9 Å². The van der Waals surface area contributed by atoms with Crippen LogP contribution in [0.2, 0.25) is 0 Å². The average Bonchev–Trinajstić information content (AvgIpc) is 2.73. The highest BCUT2D eigenvalue weighted by Crippen LogP contribution is 2.22. The Morgan fingerprint density at radius 2 is 1.84 bits per heavy atom. The molecule has 0 aliphatic carbocycles. The predicted octanol–water partition coefficient (Wildman–Crippen LogP) is 4.23. The van der Waals surface area contributed by atoms with Crippen LogP contribution in [-0.4, -0.2) is 16.4 Å². The largest absolute Gasteiger partial charge is 0.494 e. The summed E-state index contributed by atoms with van der Waals surface area (Å²) in [6.45, 7) is 9.14. The number of aromatic amines is 1. The molecule has 0 saturated heterocycles. The first-order chi connectivity index (χ1) is 8.91. The number of rotatable bonds is 3. The first-order valence-corrected chi connectivity index (χ1v) is 6.88. The second kappa shape index (κ2) is 5.21. The van der Waals surface area contributed by atoms with Gasteiger partial charge in [0.05, 0.1) is 12.3 Å². The fourth-order valence-electron chi connectivity index (χ4n) is 1.83. The van der Waals surface area contributed by atoms with Crippen LogP contribution in [0.4, 0.5) is 0 Å². The molecule has 4 heteroatoms. The van der Waals surface area contributed by atoms with E-state index in [1.54, 1.807) is 0 Å². The molecule has 0 aliphatic rings. The highest BCUT2D eigenvalue weighted by molar-refractivity contribution is 7.71. The summed E-state index contributed by atoms with van der Waals surface area (Å²) in [7, 11) is 0. The van der Waals surface area contributed by atoms with Crippen molar-refractivity contribution in [1.29, 1.82) is 0 Å². The first-order valence-electron chi connectivity index (χ1n) is 6.47. The number of ether oxygens (including phenoxy) is 1. The number of nitrogens with one attached hydrogen (secondary N) is 1. The molecule has 3 nitrogen and oxygen atoms in total. The van der Waals surface area contributed by atoms with Crippen LogP contribution in [0.25, 0.3) is 5.69 Å². The Kier molecular flexibility index (Phi) is 3.80. The van der Waals surface area contributed by atoms with Gasteiger partial charge in [-0.15, -0.1) is 0 Å². The lowest BCUT2D eigenvalue weighted by Gasteiger charge is -2.15. The van der Waals surface area contributed by atoms with Crippen molar-refractivity contribution in [2.24, 2.45) is 0 Å². The molecule has 2 rings (SSSR count). The highest BCUT2D eigenvalue weighted by atomic mass is 32.1. The maximum atomic E-state index is 5.44. The Bertz CT molecular complexity index is 602. The van der Waals surface area contributed by atoms with Gasteiger partial charge in [0.25, 0.3) is 0 Å². The summed E-state index contributed by atoms with van der Waals surface area (Å²) < 4.78 is 8.15. The van der Waals surface area contributed by atoms with Crippen molar-refractivity contribution in [3.63, 3.8) is 0 Å². The number of hydrogen-bond donors (Lipinski definition) is 1. The van der Waals surface area contributed by atoms with E-state index in [0.717, 1.165) is 21.8 Å². The van der Waals surface area contributed by atoms with Gasteiger partial charge >= 0.3 is 0 Å². The molecule has 0 atom stereocenters. The van der Waals surface area contributed by atoms with Crippen molar-refractivity contribution >= 4 is 12.2 Å². The van der Waals surface area contributed by atoms with E-state index >= 15 is 0 Å². The normalized spacial score (nSPS) is 11.6. The molecular formula is C15H20N2OS. The van der Waals surface area contributed by atoms with Crippen molar-refractivity contribution in [3.05, 3.63) is 40.7 Å². The lowest BCUT2D eigenvalue weighted by molar-refractivity contribution is 0.340. The quantitative estimate of drug-likeness (QED) is 0.850. The number of nitrogens with zero attached hydrogens (tertiary/aromatic N) is 1. The fourth-order valence-corrected chi connectivity index (χ4v) is 2.10. The lowest BCUT2D eigenvalue weighted by Crippen LogP contribution is -2.12. The van der Waals surface area contributed by atoms with E-state index in [1.165, 1.54) is 0 Å². The third-order valence-corrected chi connectivity index (χ3v) is 3.23. The van der Waals surface area contributed by atoms with Gasteiger partial charge in [-0.3, -0.25) is 5.10 Å². The molecule has 0 bridgehead atoms. The molecule has 0 unspecified atom stereocenters. The minimum Gasteiger partial charge on any atom is -0.494 e. The summed E-state index contributed by atoms with van der Waals surface area (Å²) in [6.07, 6.45) is 0. The molecule has 1 aromatic carbocycles. The highest BCUT2D eigenvalue weighted by Gasteiger charge is 2.16. The van der Waals surface area contributed by atoms with Gasteiger partial charge in [-0.2, -0.15) is 0 Å².